The molecule has 70 valence electrons. The van der Waals surface area contributed by atoms with Crippen LogP contribution in [0.2, 0.25) is 0 Å². The molecule has 0 aliphatic heterocycles. The highest BCUT2D eigenvalue weighted by molar-refractivity contribution is 5.27. The summed E-state index contributed by atoms with van der Waals surface area (Å²) in [5, 5.41) is 0. The van der Waals surface area contributed by atoms with Crippen LogP contribution in [0.3, 0.4) is 0 Å². The first-order valence-corrected chi connectivity index (χ1v) is 4.69. The molecule has 1 aromatic carbocycles. The van der Waals surface area contributed by atoms with Gasteiger partial charge in [-0.3, -0.25) is 0 Å². The minimum atomic E-state index is -0.146. The third-order valence-corrected chi connectivity index (χ3v) is 2.79. The van der Waals surface area contributed by atoms with Gasteiger partial charge in [0, 0.05) is 6.04 Å². The fourth-order valence-corrected chi connectivity index (χ4v) is 1.92. The van der Waals surface area contributed by atoms with Crippen LogP contribution in [0.4, 0.5) is 4.39 Å². The van der Waals surface area contributed by atoms with Crippen LogP contribution in [0.25, 0.3) is 0 Å². The van der Waals surface area contributed by atoms with Gasteiger partial charge in [0.15, 0.2) is 0 Å². The largest absolute Gasteiger partial charge is 0.328 e. The Morgan fingerprint density at radius 2 is 2.31 bits per heavy atom. The second-order valence-corrected chi connectivity index (χ2v) is 3.92. The van der Waals surface area contributed by atoms with E-state index in [0.717, 1.165) is 12.0 Å². The summed E-state index contributed by atoms with van der Waals surface area (Å²) < 4.78 is 12.9. The van der Waals surface area contributed by atoms with E-state index in [4.69, 9.17) is 5.73 Å². The van der Waals surface area contributed by atoms with Crippen molar-refractivity contribution in [1.29, 1.82) is 0 Å². The molecule has 0 saturated heterocycles. The van der Waals surface area contributed by atoms with Crippen LogP contribution in [-0.2, 0) is 0 Å². The second-order valence-electron chi connectivity index (χ2n) is 3.92. The summed E-state index contributed by atoms with van der Waals surface area (Å²) in [4.78, 5) is 0. The standard InChI is InChI=1S/C11H14FN/c1-7(13)10-6-11(10)8-3-2-4-9(12)5-8/h2-5,7,10-11H,6,13H2,1H3/t7-,10-,11-/m1/s1. The van der Waals surface area contributed by atoms with Gasteiger partial charge >= 0.3 is 0 Å². The maximum atomic E-state index is 12.9. The molecule has 1 aliphatic rings. The van der Waals surface area contributed by atoms with Gasteiger partial charge in [-0.25, -0.2) is 4.39 Å². The predicted octanol–water partition coefficient (Wildman–Crippen LogP) is 2.28. The number of benzene rings is 1. The Kier molecular flexibility index (Phi) is 2.08. The van der Waals surface area contributed by atoms with Crippen molar-refractivity contribution < 1.29 is 4.39 Å². The van der Waals surface area contributed by atoms with Crippen molar-refractivity contribution in [1.82, 2.24) is 0 Å². The molecule has 0 spiro atoms. The molecule has 0 amide bonds. The molecule has 2 N–H and O–H groups in total. The van der Waals surface area contributed by atoms with Gasteiger partial charge in [0.2, 0.25) is 0 Å². The summed E-state index contributed by atoms with van der Waals surface area (Å²) in [5.41, 5.74) is 6.87. The number of halogens is 1. The fourth-order valence-electron chi connectivity index (χ4n) is 1.92. The van der Waals surface area contributed by atoms with Crippen molar-refractivity contribution in [2.24, 2.45) is 11.7 Å². The van der Waals surface area contributed by atoms with E-state index < -0.39 is 0 Å². The zero-order valence-corrected chi connectivity index (χ0v) is 7.70. The predicted molar refractivity (Wildman–Crippen MR) is 50.9 cm³/mol. The molecule has 1 fully saturated rings. The SMILES string of the molecule is C[C@@H](N)[C@H]1C[C@@H]1c1cccc(F)c1. The highest BCUT2D eigenvalue weighted by atomic mass is 19.1. The van der Waals surface area contributed by atoms with Crippen molar-refractivity contribution in [3.63, 3.8) is 0 Å². The minimum Gasteiger partial charge on any atom is -0.328 e. The van der Waals surface area contributed by atoms with Crippen LogP contribution >= 0.6 is 0 Å². The summed E-state index contributed by atoms with van der Waals surface area (Å²) in [6.07, 6.45) is 1.11. The molecular formula is C11H14FN. The van der Waals surface area contributed by atoms with Crippen LogP contribution in [0.1, 0.15) is 24.8 Å². The van der Waals surface area contributed by atoms with E-state index in [-0.39, 0.29) is 11.9 Å². The normalized spacial score (nSPS) is 28.5. The fraction of sp³-hybridized carbons (Fsp3) is 0.455. The molecule has 2 rings (SSSR count). The van der Waals surface area contributed by atoms with Gasteiger partial charge in [0.1, 0.15) is 5.82 Å². The topological polar surface area (TPSA) is 26.0 Å². The lowest BCUT2D eigenvalue weighted by atomic mass is 10.1. The van der Waals surface area contributed by atoms with Crippen LogP contribution in [0.15, 0.2) is 24.3 Å². The first-order valence-electron chi connectivity index (χ1n) is 4.69. The number of hydrogen-bond acceptors (Lipinski definition) is 1. The molecule has 1 saturated carbocycles. The van der Waals surface area contributed by atoms with Crippen molar-refractivity contribution in [3.05, 3.63) is 35.6 Å². The maximum Gasteiger partial charge on any atom is 0.123 e. The van der Waals surface area contributed by atoms with Gasteiger partial charge < -0.3 is 5.73 Å². The van der Waals surface area contributed by atoms with Crippen molar-refractivity contribution >= 4 is 0 Å². The Hall–Kier alpha value is -0.890. The minimum absolute atomic E-state index is 0.146. The Bertz CT molecular complexity index is 309. The third kappa shape index (κ3) is 1.73. The number of nitrogens with two attached hydrogens (primary N) is 1. The van der Waals surface area contributed by atoms with Crippen molar-refractivity contribution in [2.45, 2.75) is 25.3 Å². The molecule has 1 aromatic rings. The first kappa shape index (κ1) is 8.70. The van der Waals surface area contributed by atoms with Crippen molar-refractivity contribution in [3.8, 4) is 0 Å². The summed E-state index contributed by atoms with van der Waals surface area (Å²) in [5.74, 6) is 0.908. The van der Waals surface area contributed by atoms with Gasteiger partial charge in [0.25, 0.3) is 0 Å². The average molecular weight is 179 g/mol. The molecule has 1 nitrogen and oxygen atoms in total. The Morgan fingerprint density at radius 3 is 2.85 bits per heavy atom. The summed E-state index contributed by atoms with van der Waals surface area (Å²) in [6, 6.07) is 7.07. The summed E-state index contributed by atoms with van der Waals surface area (Å²) >= 11 is 0. The Balaban J connectivity index is 2.12. The highest BCUT2D eigenvalue weighted by Gasteiger charge is 2.40. The summed E-state index contributed by atoms with van der Waals surface area (Å²) in [7, 11) is 0. The lowest BCUT2D eigenvalue weighted by Gasteiger charge is -2.03. The van der Waals surface area contributed by atoms with Crippen LogP contribution in [0, 0.1) is 11.7 Å². The van der Waals surface area contributed by atoms with Crippen LogP contribution in [-0.4, -0.2) is 6.04 Å². The van der Waals surface area contributed by atoms with E-state index in [0.29, 0.717) is 11.8 Å². The zero-order valence-electron chi connectivity index (χ0n) is 7.70. The van der Waals surface area contributed by atoms with E-state index in [1.165, 1.54) is 6.07 Å². The monoisotopic (exact) mass is 179 g/mol. The van der Waals surface area contributed by atoms with Gasteiger partial charge in [-0.2, -0.15) is 0 Å². The summed E-state index contributed by atoms with van der Waals surface area (Å²) in [6.45, 7) is 2.02. The lowest BCUT2D eigenvalue weighted by molar-refractivity contribution is 0.616. The van der Waals surface area contributed by atoms with Crippen LogP contribution < -0.4 is 5.73 Å². The molecule has 1 aliphatic carbocycles. The second kappa shape index (κ2) is 3.11. The Labute approximate surface area is 77.8 Å². The molecule has 0 radical (unpaired) electrons. The molecule has 13 heavy (non-hydrogen) atoms. The molecule has 3 atom stereocenters. The quantitative estimate of drug-likeness (QED) is 0.740. The highest BCUT2D eigenvalue weighted by Crippen LogP contribution is 2.48. The van der Waals surface area contributed by atoms with E-state index in [2.05, 4.69) is 0 Å². The average Bonchev–Trinajstić information content (AvgIpc) is 2.82. The van der Waals surface area contributed by atoms with Gasteiger partial charge in [0.05, 0.1) is 0 Å². The third-order valence-electron chi connectivity index (χ3n) is 2.79. The molecule has 2 heteroatoms. The van der Waals surface area contributed by atoms with Gasteiger partial charge in [-0.15, -0.1) is 0 Å². The van der Waals surface area contributed by atoms with Crippen molar-refractivity contribution in [2.75, 3.05) is 0 Å². The number of rotatable bonds is 2. The first-order chi connectivity index (χ1) is 6.18. The van der Waals surface area contributed by atoms with E-state index in [1.807, 2.05) is 13.0 Å². The molecule has 0 bridgehead atoms. The smallest absolute Gasteiger partial charge is 0.123 e. The van der Waals surface area contributed by atoms with Gasteiger partial charge in [-0.05, 0) is 42.9 Å². The Morgan fingerprint density at radius 1 is 1.54 bits per heavy atom. The molecule has 0 unspecified atom stereocenters. The van der Waals surface area contributed by atoms with Crippen LogP contribution in [0.5, 0.6) is 0 Å². The zero-order chi connectivity index (χ0) is 9.42. The molecule has 0 aromatic heterocycles. The van der Waals surface area contributed by atoms with E-state index in [9.17, 15) is 4.39 Å². The van der Waals surface area contributed by atoms with Gasteiger partial charge in [-0.1, -0.05) is 12.1 Å². The van der Waals surface area contributed by atoms with E-state index >= 15 is 0 Å². The lowest BCUT2D eigenvalue weighted by Crippen LogP contribution is -2.17. The molecule has 0 heterocycles. The van der Waals surface area contributed by atoms with E-state index in [1.54, 1.807) is 12.1 Å². The number of hydrogen-bond donors (Lipinski definition) is 1. The molecular weight excluding hydrogens is 165 g/mol. The maximum absolute atomic E-state index is 12.9.